The van der Waals surface area contributed by atoms with Crippen molar-refractivity contribution < 1.29 is 0 Å². The highest BCUT2D eigenvalue weighted by molar-refractivity contribution is 9.10. The maximum Gasteiger partial charge on any atom is 0.0895 e. The third kappa shape index (κ3) is 3.05. The van der Waals surface area contributed by atoms with Gasteiger partial charge in [0, 0.05) is 6.04 Å². The van der Waals surface area contributed by atoms with Crippen LogP contribution in [0.2, 0.25) is 0 Å². The molecule has 0 aliphatic heterocycles. The molecule has 0 fully saturated rings. The Balaban J connectivity index is 2.64. The number of nitrogens with one attached hydrogen (secondary N) is 1. The number of hydrogen-bond acceptors (Lipinski definition) is 3. The lowest BCUT2D eigenvalue weighted by molar-refractivity contribution is 0.474. The Morgan fingerprint density at radius 1 is 1.19 bits per heavy atom. The van der Waals surface area contributed by atoms with Gasteiger partial charge in [-0.25, -0.2) is 5.43 Å². The molecule has 2 rings (SSSR count). The van der Waals surface area contributed by atoms with Crippen LogP contribution in [0.5, 0.6) is 0 Å². The van der Waals surface area contributed by atoms with Gasteiger partial charge in [-0.1, -0.05) is 17.7 Å². The summed E-state index contributed by atoms with van der Waals surface area (Å²) < 4.78 is 2.98. The summed E-state index contributed by atoms with van der Waals surface area (Å²) in [7, 11) is 0. The molecule has 0 amide bonds. The molecule has 5 heteroatoms. The zero-order valence-corrected chi connectivity index (χ0v) is 14.8. The molecule has 0 aliphatic carbocycles. The van der Waals surface area contributed by atoms with Crippen LogP contribution in [0, 0.1) is 20.8 Å². The van der Waals surface area contributed by atoms with Gasteiger partial charge in [-0.3, -0.25) is 10.5 Å². The monoisotopic (exact) mass is 350 g/mol. The minimum absolute atomic E-state index is 0.0927. The molecule has 0 spiro atoms. The Morgan fingerprint density at radius 3 is 2.24 bits per heavy atom. The molecule has 114 valence electrons. The van der Waals surface area contributed by atoms with Gasteiger partial charge in [0.2, 0.25) is 0 Å². The number of rotatable bonds is 4. The van der Waals surface area contributed by atoms with Gasteiger partial charge in [0.15, 0.2) is 0 Å². The molecule has 3 N–H and O–H groups in total. The number of nitrogens with zero attached hydrogens (tertiary/aromatic N) is 2. The van der Waals surface area contributed by atoms with Gasteiger partial charge in [-0.15, -0.1) is 0 Å². The molecule has 4 nitrogen and oxygen atoms in total. The fraction of sp³-hybridized carbons (Fsp3) is 0.438. The maximum absolute atomic E-state index is 5.90. The zero-order valence-electron chi connectivity index (χ0n) is 13.2. The lowest BCUT2D eigenvalue weighted by Gasteiger charge is -2.24. The van der Waals surface area contributed by atoms with E-state index < -0.39 is 0 Å². The number of benzene rings is 1. The molecule has 1 atom stereocenters. The molecule has 0 radical (unpaired) electrons. The number of hydrogen-bond donors (Lipinski definition) is 2. The fourth-order valence-electron chi connectivity index (χ4n) is 2.98. The van der Waals surface area contributed by atoms with Crippen molar-refractivity contribution in [3.63, 3.8) is 0 Å². The number of halogens is 1. The first-order valence-electron chi connectivity index (χ1n) is 7.13. The summed E-state index contributed by atoms with van der Waals surface area (Å²) in [6, 6.07) is 4.56. The van der Waals surface area contributed by atoms with E-state index in [1.807, 2.05) is 10.9 Å². The summed E-state index contributed by atoms with van der Waals surface area (Å²) in [6.07, 6.45) is 1.83. The van der Waals surface area contributed by atoms with Crippen molar-refractivity contribution in [3.8, 4) is 0 Å². The highest BCUT2D eigenvalue weighted by atomic mass is 79.9. The molecule has 1 heterocycles. The predicted octanol–water partition coefficient (Wildman–Crippen LogP) is 3.70. The summed E-state index contributed by atoms with van der Waals surface area (Å²) in [5, 5.41) is 4.46. The van der Waals surface area contributed by atoms with Crippen LogP contribution in [0.25, 0.3) is 0 Å². The summed E-state index contributed by atoms with van der Waals surface area (Å²) in [5.74, 6) is 5.90. The van der Waals surface area contributed by atoms with Crippen molar-refractivity contribution in [1.82, 2.24) is 15.2 Å². The highest BCUT2D eigenvalue weighted by Crippen LogP contribution is 2.33. The highest BCUT2D eigenvalue weighted by Gasteiger charge is 2.24. The summed E-state index contributed by atoms with van der Waals surface area (Å²) in [6.45, 7) is 10.6. The maximum atomic E-state index is 5.90. The van der Waals surface area contributed by atoms with Gasteiger partial charge in [0.25, 0.3) is 0 Å². The van der Waals surface area contributed by atoms with Crippen LogP contribution in [-0.4, -0.2) is 9.78 Å². The molecule has 0 bridgehead atoms. The van der Waals surface area contributed by atoms with Crippen molar-refractivity contribution in [2.24, 2.45) is 5.84 Å². The van der Waals surface area contributed by atoms with Crippen LogP contribution in [0.1, 0.15) is 53.9 Å². The Morgan fingerprint density at radius 2 is 1.76 bits per heavy atom. The van der Waals surface area contributed by atoms with Gasteiger partial charge in [0.05, 0.1) is 22.4 Å². The summed E-state index contributed by atoms with van der Waals surface area (Å²) in [4.78, 5) is 0. The molecular formula is C16H23BrN4. The van der Waals surface area contributed by atoms with E-state index in [1.54, 1.807) is 0 Å². The van der Waals surface area contributed by atoms with Crippen molar-refractivity contribution in [2.45, 2.75) is 46.7 Å². The smallest absolute Gasteiger partial charge is 0.0895 e. The molecule has 1 unspecified atom stereocenters. The summed E-state index contributed by atoms with van der Waals surface area (Å²) >= 11 is 3.61. The second-order valence-electron chi connectivity index (χ2n) is 5.83. The van der Waals surface area contributed by atoms with Crippen LogP contribution < -0.4 is 11.3 Å². The molecule has 0 aliphatic rings. The van der Waals surface area contributed by atoms with E-state index in [-0.39, 0.29) is 12.1 Å². The van der Waals surface area contributed by atoms with Gasteiger partial charge >= 0.3 is 0 Å². The number of aryl methyl sites for hydroxylation is 3. The topological polar surface area (TPSA) is 55.9 Å². The Bertz CT molecular complexity index is 623. The van der Waals surface area contributed by atoms with Gasteiger partial charge in [-0.2, -0.15) is 5.10 Å². The summed E-state index contributed by atoms with van der Waals surface area (Å²) in [5.41, 5.74) is 8.97. The largest absolute Gasteiger partial charge is 0.271 e. The molecule has 1 aromatic heterocycles. The first kappa shape index (κ1) is 16.2. The lowest BCUT2D eigenvalue weighted by Crippen LogP contribution is -2.32. The van der Waals surface area contributed by atoms with E-state index >= 15 is 0 Å². The third-order valence-corrected chi connectivity index (χ3v) is 4.35. The Hall–Kier alpha value is -1.17. The normalized spacial score (nSPS) is 13.0. The average molecular weight is 351 g/mol. The van der Waals surface area contributed by atoms with E-state index in [9.17, 15) is 0 Å². The van der Waals surface area contributed by atoms with Gasteiger partial charge in [-0.05, 0) is 67.2 Å². The van der Waals surface area contributed by atoms with E-state index in [2.05, 4.69) is 73.2 Å². The Labute approximate surface area is 134 Å². The average Bonchev–Trinajstić information content (AvgIpc) is 2.75. The zero-order chi connectivity index (χ0) is 15.7. The predicted molar refractivity (Wildman–Crippen MR) is 90.1 cm³/mol. The molecule has 0 saturated heterocycles. The number of aromatic nitrogens is 2. The second-order valence-corrected chi connectivity index (χ2v) is 6.68. The van der Waals surface area contributed by atoms with E-state index in [1.165, 1.54) is 22.3 Å². The van der Waals surface area contributed by atoms with Gasteiger partial charge < -0.3 is 0 Å². The van der Waals surface area contributed by atoms with E-state index in [0.717, 1.165) is 10.2 Å². The van der Waals surface area contributed by atoms with Crippen LogP contribution in [0.15, 0.2) is 22.8 Å². The van der Waals surface area contributed by atoms with Crippen molar-refractivity contribution in [1.29, 1.82) is 0 Å². The number of nitrogens with two attached hydrogens (primary N) is 1. The molecule has 1 aromatic carbocycles. The van der Waals surface area contributed by atoms with Crippen LogP contribution >= 0.6 is 15.9 Å². The second kappa shape index (κ2) is 6.30. The van der Waals surface area contributed by atoms with Crippen LogP contribution in [0.3, 0.4) is 0 Å². The lowest BCUT2D eigenvalue weighted by atomic mass is 9.92. The van der Waals surface area contributed by atoms with Gasteiger partial charge in [0.1, 0.15) is 0 Å². The molecular weight excluding hydrogens is 328 g/mol. The van der Waals surface area contributed by atoms with Crippen LogP contribution in [0.4, 0.5) is 0 Å². The van der Waals surface area contributed by atoms with Crippen molar-refractivity contribution in [2.75, 3.05) is 0 Å². The van der Waals surface area contributed by atoms with Crippen LogP contribution in [-0.2, 0) is 0 Å². The minimum Gasteiger partial charge on any atom is -0.271 e. The fourth-order valence-corrected chi connectivity index (χ4v) is 3.48. The first-order chi connectivity index (χ1) is 9.86. The molecule has 0 saturated carbocycles. The minimum atomic E-state index is -0.0927. The van der Waals surface area contributed by atoms with E-state index in [4.69, 9.17) is 5.84 Å². The van der Waals surface area contributed by atoms with Crippen molar-refractivity contribution in [3.05, 3.63) is 50.8 Å². The third-order valence-electron chi connectivity index (χ3n) is 3.74. The molecule has 21 heavy (non-hydrogen) atoms. The SMILES string of the molecule is Cc1cc(C)c(C(NN)c2c(Br)cnn2C(C)C)c(C)c1. The molecule has 2 aromatic rings. The number of hydrazine groups is 1. The standard InChI is InChI=1S/C16H23BrN4/c1-9(2)21-16(13(17)8-19-21)15(20-18)14-11(4)6-10(3)7-12(14)5/h6-9,15,20H,18H2,1-5H3. The van der Waals surface area contributed by atoms with E-state index in [0.29, 0.717) is 0 Å². The quantitative estimate of drug-likeness (QED) is 0.652. The first-order valence-corrected chi connectivity index (χ1v) is 7.92. The Kier molecular flexibility index (Phi) is 4.86. The van der Waals surface area contributed by atoms with Crippen molar-refractivity contribution >= 4 is 15.9 Å².